The predicted molar refractivity (Wildman–Crippen MR) is 71.0 cm³/mol. The molecule has 1 rings (SSSR count). The van der Waals surface area contributed by atoms with Crippen molar-refractivity contribution in [3.05, 3.63) is 29.3 Å². The van der Waals surface area contributed by atoms with Crippen molar-refractivity contribution in [2.45, 2.75) is 26.0 Å². The van der Waals surface area contributed by atoms with Gasteiger partial charge in [0.05, 0.1) is 6.61 Å². The van der Waals surface area contributed by atoms with Crippen LogP contribution in [-0.2, 0) is 9.53 Å². The van der Waals surface area contributed by atoms with Crippen molar-refractivity contribution in [1.82, 2.24) is 5.32 Å². The SMILES string of the molecule is COCC(C)NC(=O)C(C)Oc1ccc(Cl)cc1. The zero-order chi connectivity index (χ0) is 13.5. The van der Waals surface area contributed by atoms with Gasteiger partial charge in [0.25, 0.3) is 5.91 Å². The Kier molecular flexibility index (Phi) is 5.95. The number of hydrogen-bond acceptors (Lipinski definition) is 3. The molecular weight excluding hydrogens is 254 g/mol. The summed E-state index contributed by atoms with van der Waals surface area (Å²) in [5.41, 5.74) is 0. The third-order valence-corrected chi connectivity index (χ3v) is 2.55. The number of carbonyl (C=O) groups excluding carboxylic acids is 1. The number of halogens is 1. The summed E-state index contributed by atoms with van der Waals surface area (Å²) >= 11 is 5.77. The number of hydrogen-bond donors (Lipinski definition) is 1. The summed E-state index contributed by atoms with van der Waals surface area (Å²) in [5, 5.41) is 3.43. The Hall–Kier alpha value is -1.26. The van der Waals surface area contributed by atoms with Crippen molar-refractivity contribution in [1.29, 1.82) is 0 Å². The predicted octanol–water partition coefficient (Wildman–Crippen LogP) is 2.26. The summed E-state index contributed by atoms with van der Waals surface area (Å²) in [6.07, 6.45) is -0.564. The topological polar surface area (TPSA) is 47.6 Å². The maximum Gasteiger partial charge on any atom is 0.261 e. The van der Waals surface area contributed by atoms with Crippen LogP contribution >= 0.6 is 11.6 Å². The lowest BCUT2D eigenvalue weighted by Gasteiger charge is -2.18. The van der Waals surface area contributed by atoms with Gasteiger partial charge in [-0.15, -0.1) is 0 Å². The lowest BCUT2D eigenvalue weighted by atomic mass is 10.3. The third-order valence-electron chi connectivity index (χ3n) is 2.30. The number of benzene rings is 1. The summed E-state index contributed by atoms with van der Waals surface area (Å²) in [6, 6.07) is 6.85. The van der Waals surface area contributed by atoms with E-state index in [0.29, 0.717) is 17.4 Å². The van der Waals surface area contributed by atoms with Crippen LogP contribution in [0.5, 0.6) is 5.75 Å². The molecule has 100 valence electrons. The number of nitrogens with one attached hydrogen (secondary N) is 1. The molecule has 1 aromatic rings. The van der Waals surface area contributed by atoms with E-state index in [1.807, 2.05) is 6.92 Å². The van der Waals surface area contributed by atoms with Gasteiger partial charge in [-0.2, -0.15) is 0 Å². The number of methoxy groups -OCH3 is 1. The van der Waals surface area contributed by atoms with E-state index < -0.39 is 6.10 Å². The summed E-state index contributed by atoms with van der Waals surface area (Å²) < 4.78 is 10.4. The highest BCUT2D eigenvalue weighted by Gasteiger charge is 2.16. The van der Waals surface area contributed by atoms with Crippen LogP contribution in [0.25, 0.3) is 0 Å². The molecule has 0 spiro atoms. The molecule has 0 saturated heterocycles. The van der Waals surface area contributed by atoms with Crippen LogP contribution in [-0.4, -0.2) is 31.8 Å². The van der Waals surface area contributed by atoms with Crippen molar-refractivity contribution < 1.29 is 14.3 Å². The van der Waals surface area contributed by atoms with E-state index in [2.05, 4.69) is 5.32 Å². The molecule has 5 heteroatoms. The number of ether oxygens (including phenoxy) is 2. The minimum atomic E-state index is -0.564. The summed E-state index contributed by atoms with van der Waals surface area (Å²) in [4.78, 5) is 11.8. The molecule has 0 aliphatic carbocycles. The molecule has 0 aliphatic heterocycles. The van der Waals surface area contributed by atoms with E-state index in [1.165, 1.54) is 0 Å². The quantitative estimate of drug-likeness (QED) is 0.863. The zero-order valence-electron chi connectivity index (χ0n) is 10.8. The highest BCUT2D eigenvalue weighted by molar-refractivity contribution is 6.30. The minimum Gasteiger partial charge on any atom is -0.481 e. The van der Waals surface area contributed by atoms with Gasteiger partial charge < -0.3 is 14.8 Å². The van der Waals surface area contributed by atoms with Gasteiger partial charge in [-0.25, -0.2) is 0 Å². The van der Waals surface area contributed by atoms with E-state index in [0.717, 1.165) is 0 Å². The van der Waals surface area contributed by atoms with Crippen molar-refractivity contribution in [3.8, 4) is 5.75 Å². The van der Waals surface area contributed by atoms with Crippen LogP contribution in [0.4, 0.5) is 0 Å². The van der Waals surface area contributed by atoms with Gasteiger partial charge in [-0.05, 0) is 38.1 Å². The van der Waals surface area contributed by atoms with Gasteiger partial charge in [0.2, 0.25) is 0 Å². The average Bonchev–Trinajstić information content (AvgIpc) is 2.32. The second kappa shape index (κ2) is 7.24. The Bertz CT molecular complexity index is 380. The van der Waals surface area contributed by atoms with E-state index in [4.69, 9.17) is 21.1 Å². The summed E-state index contributed by atoms with van der Waals surface area (Å²) in [5.74, 6) is 0.441. The van der Waals surface area contributed by atoms with Crippen LogP contribution < -0.4 is 10.1 Å². The van der Waals surface area contributed by atoms with Crippen molar-refractivity contribution >= 4 is 17.5 Å². The second-order valence-corrected chi connectivity index (χ2v) is 4.52. The third kappa shape index (κ3) is 4.94. The maximum absolute atomic E-state index is 11.8. The molecule has 0 bridgehead atoms. The maximum atomic E-state index is 11.8. The number of carbonyl (C=O) groups is 1. The highest BCUT2D eigenvalue weighted by atomic mass is 35.5. The van der Waals surface area contributed by atoms with Crippen LogP contribution in [0.2, 0.25) is 5.02 Å². The molecule has 0 aromatic heterocycles. The Morgan fingerprint density at radius 3 is 2.50 bits per heavy atom. The standard InChI is InChI=1S/C13H18ClNO3/c1-9(8-17-3)15-13(16)10(2)18-12-6-4-11(14)5-7-12/h4-7,9-10H,8H2,1-3H3,(H,15,16). The Morgan fingerprint density at radius 1 is 1.33 bits per heavy atom. The molecule has 0 fully saturated rings. The second-order valence-electron chi connectivity index (χ2n) is 4.08. The van der Waals surface area contributed by atoms with Gasteiger partial charge in [0.15, 0.2) is 6.10 Å². The first-order valence-corrected chi connectivity index (χ1v) is 6.12. The lowest BCUT2D eigenvalue weighted by molar-refractivity contribution is -0.128. The Morgan fingerprint density at radius 2 is 1.94 bits per heavy atom. The van der Waals surface area contributed by atoms with Crippen LogP contribution in [0, 0.1) is 0 Å². The average molecular weight is 272 g/mol. The van der Waals surface area contributed by atoms with E-state index in [-0.39, 0.29) is 11.9 Å². The van der Waals surface area contributed by atoms with Gasteiger partial charge in [-0.1, -0.05) is 11.6 Å². The van der Waals surface area contributed by atoms with Crippen LogP contribution in [0.1, 0.15) is 13.8 Å². The monoisotopic (exact) mass is 271 g/mol. The summed E-state index contributed by atoms with van der Waals surface area (Å²) in [6.45, 7) is 4.04. The molecule has 4 nitrogen and oxygen atoms in total. The first-order chi connectivity index (χ1) is 8.52. The number of rotatable bonds is 6. The van der Waals surface area contributed by atoms with Gasteiger partial charge in [-0.3, -0.25) is 4.79 Å². The van der Waals surface area contributed by atoms with Gasteiger partial charge in [0, 0.05) is 18.2 Å². The molecule has 18 heavy (non-hydrogen) atoms. The lowest BCUT2D eigenvalue weighted by Crippen LogP contribution is -2.43. The molecule has 2 unspecified atom stereocenters. The fourth-order valence-electron chi connectivity index (χ4n) is 1.42. The first-order valence-electron chi connectivity index (χ1n) is 5.74. The van der Waals surface area contributed by atoms with E-state index in [1.54, 1.807) is 38.3 Å². The molecule has 1 N–H and O–H groups in total. The molecule has 0 saturated carbocycles. The zero-order valence-corrected chi connectivity index (χ0v) is 11.5. The van der Waals surface area contributed by atoms with E-state index in [9.17, 15) is 4.79 Å². The summed E-state index contributed by atoms with van der Waals surface area (Å²) in [7, 11) is 1.59. The fraction of sp³-hybridized carbons (Fsp3) is 0.462. The molecule has 0 aliphatic rings. The molecule has 0 radical (unpaired) electrons. The van der Waals surface area contributed by atoms with Gasteiger partial charge >= 0.3 is 0 Å². The van der Waals surface area contributed by atoms with Crippen LogP contribution in [0.15, 0.2) is 24.3 Å². The fourth-order valence-corrected chi connectivity index (χ4v) is 1.55. The smallest absolute Gasteiger partial charge is 0.261 e. The van der Waals surface area contributed by atoms with E-state index >= 15 is 0 Å². The Balaban J connectivity index is 2.46. The highest BCUT2D eigenvalue weighted by Crippen LogP contribution is 2.16. The minimum absolute atomic E-state index is 0.0428. The van der Waals surface area contributed by atoms with Crippen molar-refractivity contribution in [2.24, 2.45) is 0 Å². The normalized spacial score (nSPS) is 13.8. The van der Waals surface area contributed by atoms with Crippen molar-refractivity contribution in [2.75, 3.05) is 13.7 Å². The van der Waals surface area contributed by atoms with Crippen molar-refractivity contribution in [3.63, 3.8) is 0 Å². The Labute approximate surface area is 112 Å². The molecule has 0 heterocycles. The molecule has 1 amide bonds. The largest absolute Gasteiger partial charge is 0.481 e. The number of amides is 1. The molecular formula is C13H18ClNO3. The van der Waals surface area contributed by atoms with Crippen LogP contribution in [0.3, 0.4) is 0 Å². The molecule has 2 atom stereocenters. The molecule has 1 aromatic carbocycles. The first kappa shape index (κ1) is 14.8. The van der Waals surface area contributed by atoms with Gasteiger partial charge in [0.1, 0.15) is 5.75 Å².